The van der Waals surface area contributed by atoms with E-state index in [9.17, 15) is 8.42 Å². The van der Waals surface area contributed by atoms with Crippen molar-refractivity contribution in [3.05, 3.63) is 0 Å². The zero-order chi connectivity index (χ0) is 13.1. The molecule has 1 fully saturated rings. The number of hydrogen-bond donors (Lipinski definition) is 1. The Bertz CT molecular complexity index is 330. The lowest BCUT2D eigenvalue weighted by Gasteiger charge is -2.39. The lowest BCUT2D eigenvalue weighted by Crippen LogP contribution is -2.55. The van der Waals surface area contributed by atoms with Crippen LogP contribution in [-0.2, 0) is 10.0 Å². The van der Waals surface area contributed by atoms with Crippen molar-refractivity contribution in [3.8, 4) is 0 Å². The summed E-state index contributed by atoms with van der Waals surface area (Å²) >= 11 is 0. The van der Waals surface area contributed by atoms with E-state index in [0.29, 0.717) is 13.1 Å². The van der Waals surface area contributed by atoms with Gasteiger partial charge < -0.3 is 5.73 Å². The van der Waals surface area contributed by atoms with Gasteiger partial charge in [0.15, 0.2) is 0 Å². The molecule has 1 atom stereocenters. The van der Waals surface area contributed by atoms with Crippen LogP contribution in [0, 0.1) is 0 Å². The maximum atomic E-state index is 12.6. The third-order valence-corrected chi connectivity index (χ3v) is 6.75. The quantitative estimate of drug-likeness (QED) is 0.792. The van der Waals surface area contributed by atoms with Crippen LogP contribution in [0.4, 0.5) is 0 Å². The molecule has 1 unspecified atom stereocenters. The van der Waals surface area contributed by atoms with Crippen LogP contribution in [0.15, 0.2) is 0 Å². The Labute approximate surface area is 106 Å². The Balaban J connectivity index is 3.00. The van der Waals surface area contributed by atoms with Crippen LogP contribution in [-0.4, -0.2) is 36.6 Å². The molecule has 0 aromatic heterocycles. The molecule has 0 aromatic carbocycles. The summed E-state index contributed by atoms with van der Waals surface area (Å²) < 4.78 is 26.8. The number of nitrogens with zero attached hydrogens (tertiary/aromatic N) is 1. The van der Waals surface area contributed by atoms with Gasteiger partial charge in [0.1, 0.15) is 0 Å². The average Bonchev–Trinajstić information content (AvgIpc) is 2.83. The van der Waals surface area contributed by atoms with Crippen molar-refractivity contribution in [1.29, 1.82) is 0 Å². The first-order valence-electron chi connectivity index (χ1n) is 6.64. The Morgan fingerprint density at radius 3 is 2.18 bits per heavy atom. The summed E-state index contributed by atoms with van der Waals surface area (Å²) in [5, 5.41) is -0.181. The standard InChI is InChI=1S/C12H26N2O2S/c1-4-12(3,10-13)14(5-2)17(15,16)11-8-6-7-9-11/h11H,4-10,13H2,1-3H3. The van der Waals surface area contributed by atoms with Crippen LogP contribution >= 0.6 is 0 Å². The average molecular weight is 262 g/mol. The number of likely N-dealkylation sites (N-methyl/N-ethyl adjacent to an activating group) is 1. The predicted octanol–water partition coefficient (Wildman–Crippen LogP) is 1.71. The van der Waals surface area contributed by atoms with Gasteiger partial charge in [0.2, 0.25) is 10.0 Å². The lowest BCUT2D eigenvalue weighted by molar-refractivity contribution is 0.211. The zero-order valence-electron chi connectivity index (χ0n) is 11.3. The highest BCUT2D eigenvalue weighted by Gasteiger charge is 2.41. The fourth-order valence-corrected chi connectivity index (χ4v) is 5.12. The van der Waals surface area contributed by atoms with Crippen molar-refractivity contribution in [1.82, 2.24) is 4.31 Å². The highest BCUT2D eigenvalue weighted by atomic mass is 32.2. The summed E-state index contributed by atoms with van der Waals surface area (Å²) in [6.07, 6.45) is 4.44. The van der Waals surface area contributed by atoms with Crippen LogP contribution in [0.2, 0.25) is 0 Å². The van der Waals surface area contributed by atoms with Gasteiger partial charge in [-0.1, -0.05) is 26.7 Å². The maximum absolute atomic E-state index is 12.6. The van der Waals surface area contributed by atoms with E-state index in [2.05, 4.69) is 0 Å². The molecule has 0 aliphatic heterocycles. The molecule has 2 N–H and O–H groups in total. The second-order valence-corrected chi connectivity index (χ2v) is 7.31. The van der Waals surface area contributed by atoms with Gasteiger partial charge in [0, 0.05) is 18.6 Å². The first-order valence-corrected chi connectivity index (χ1v) is 8.14. The molecule has 0 saturated heterocycles. The monoisotopic (exact) mass is 262 g/mol. The van der Waals surface area contributed by atoms with E-state index in [1.165, 1.54) is 0 Å². The van der Waals surface area contributed by atoms with E-state index in [1.807, 2.05) is 20.8 Å². The summed E-state index contributed by atoms with van der Waals surface area (Å²) in [4.78, 5) is 0. The van der Waals surface area contributed by atoms with E-state index in [0.717, 1.165) is 32.1 Å². The summed E-state index contributed by atoms with van der Waals surface area (Å²) in [7, 11) is -3.18. The van der Waals surface area contributed by atoms with Gasteiger partial charge in [0.25, 0.3) is 0 Å². The zero-order valence-corrected chi connectivity index (χ0v) is 12.1. The third kappa shape index (κ3) is 2.83. The van der Waals surface area contributed by atoms with Crippen molar-refractivity contribution in [2.45, 2.75) is 63.7 Å². The van der Waals surface area contributed by atoms with E-state index >= 15 is 0 Å². The number of nitrogens with two attached hydrogens (primary N) is 1. The first kappa shape index (κ1) is 14.9. The van der Waals surface area contributed by atoms with Gasteiger partial charge in [-0.25, -0.2) is 8.42 Å². The predicted molar refractivity (Wildman–Crippen MR) is 71.3 cm³/mol. The Morgan fingerprint density at radius 2 is 1.82 bits per heavy atom. The molecule has 0 bridgehead atoms. The van der Waals surface area contributed by atoms with E-state index in [1.54, 1.807) is 4.31 Å². The van der Waals surface area contributed by atoms with Crippen LogP contribution in [0.3, 0.4) is 0 Å². The Morgan fingerprint density at radius 1 is 1.29 bits per heavy atom. The van der Waals surface area contributed by atoms with Crippen LogP contribution in [0.5, 0.6) is 0 Å². The highest BCUT2D eigenvalue weighted by molar-refractivity contribution is 7.89. The lowest BCUT2D eigenvalue weighted by atomic mass is 9.99. The number of rotatable bonds is 6. The largest absolute Gasteiger partial charge is 0.329 e. The van der Waals surface area contributed by atoms with E-state index < -0.39 is 15.6 Å². The fourth-order valence-electron chi connectivity index (χ4n) is 2.66. The number of hydrogen-bond acceptors (Lipinski definition) is 3. The summed E-state index contributed by atoms with van der Waals surface area (Å²) in [6.45, 7) is 6.74. The Kier molecular flexibility index (Phi) is 4.98. The molecule has 5 heteroatoms. The normalized spacial score (nSPS) is 21.9. The summed E-state index contributed by atoms with van der Waals surface area (Å²) in [5.41, 5.74) is 5.35. The molecule has 0 heterocycles. The Hall–Kier alpha value is -0.130. The van der Waals surface area contributed by atoms with Crippen LogP contribution in [0.1, 0.15) is 52.9 Å². The molecule has 4 nitrogen and oxygen atoms in total. The minimum atomic E-state index is -3.18. The van der Waals surface area contributed by atoms with Gasteiger partial charge in [-0.15, -0.1) is 0 Å². The molecule has 0 radical (unpaired) electrons. The molecule has 1 aliphatic rings. The van der Waals surface area contributed by atoms with Crippen LogP contribution in [0.25, 0.3) is 0 Å². The fraction of sp³-hybridized carbons (Fsp3) is 1.00. The molecular formula is C12H26N2O2S. The van der Waals surface area contributed by atoms with Gasteiger partial charge in [-0.2, -0.15) is 4.31 Å². The SMILES string of the molecule is CCN(C(C)(CC)CN)S(=O)(=O)C1CCCC1. The van der Waals surface area contributed by atoms with Crippen LogP contribution < -0.4 is 5.73 Å². The summed E-state index contributed by atoms with van der Waals surface area (Å²) in [6, 6.07) is 0. The molecule has 102 valence electrons. The van der Waals surface area contributed by atoms with E-state index in [-0.39, 0.29) is 5.25 Å². The molecule has 0 aromatic rings. The topological polar surface area (TPSA) is 63.4 Å². The van der Waals surface area contributed by atoms with Gasteiger partial charge in [-0.3, -0.25) is 0 Å². The molecule has 1 saturated carbocycles. The summed E-state index contributed by atoms with van der Waals surface area (Å²) in [5.74, 6) is 0. The van der Waals surface area contributed by atoms with Gasteiger partial charge in [0.05, 0.1) is 5.25 Å². The van der Waals surface area contributed by atoms with Crippen molar-refractivity contribution in [2.24, 2.45) is 5.73 Å². The van der Waals surface area contributed by atoms with Gasteiger partial charge in [-0.05, 0) is 26.2 Å². The molecule has 0 amide bonds. The smallest absolute Gasteiger partial charge is 0.217 e. The second kappa shape index (κ2) is 5.67. The molecular weight excluding hydrogens is 236 g/mol. The second-order valence-electron chi connectivity index (χ2n) is 5.17. The van der Waals surface area contributed by atoms with Crippen molar-refractivity contribution >= 4 is 10.0 Å². The van der Waals surface area contributed by atoms with E-state index in [4.69, 9.17) is 5.73 Å². The van der Waals surface area contributed by atoms with Crippen molar-refractivity contribution < 1.29 is 8.42 Å². The van der Waals surface area contributed by atoms with Gasteiger partial charge >= 0.3 is 0 Å². The third-order valence-electron chi connectivity index (χ3n) is 4.12. The molecule has 1 aliphatic carbocycles. The van der Waals surface area contributed by atoms with Crippen molar-refractivity contribution in [2.75, 3.05) is 13.1 Å². The highest BCUT2D eigenvalue weighted by Crippen LogP contribution is 2.31. The number of sulfonamides is 1. The first-order chi connectivity index (χ1) is 7.92. The molecule has 0 spiro atoms. The minimum absolute atomic E-state index is 0.181. The molecule has 1 rings (SSSR count). The van der Waals surface area contributed by atoms with Crippen molar-refractivity contribution in [3.63, 3.8) is 0 Å². The molecule has 17 heavy (non-hydrogen) atoms. The minimum Gasteiger partial charge on any atom is -0.329 e. The maximum Gasteiger partial charge on any atom is 0.217 e.